The van der Waals surface area contributed by atoms with Gasteiger partial charge in [0.1, 0.15) is 24.8 Å². The summed E-state index contributed by atoms with van der Waals surface area (Å²) in [5, 5.41) is 3.07. The van der Waals surface area contributed by atoms with Gasteiger partial charge in [-0.3, -0.25) is 14.9 Å². The summed E-state index contributed by atoms with van der Waals surface area (Å²) < 4.78 is 10.7. The van der Waals surface area contributed by atoms with Crippen LogP contribution in [0.25, 0.3) is 0 Å². The number of likely N-dealkylation sites (tertiary alicyclic amines) is 1. The van der Waals surface area contributed by atoms with Gasteiger partial charge >= 0.3 is 11.9 Å². The van der Waals surface area contributed by atoms with Crippen molar-refractivity contribution >= 4 is 17.8 Å². The van der Waals surface area contributed by atoms with Crippen molar-refractivity contribution < 1.29 is 23.9 Å². The molecule has 0 aliphatic carbocycles. The summed E-state index contributed by atoms with van der Waals surface area (Å²) in [7, 11) is 0. The average molecular weight is 388 g/mol. The molecule has 4 atom stereocenters. The highest BCUT2D eigenvalue weighted by Gasteiger charge is 2.40. The van der Waals surface area contributed by atoms with E-state index in [2.05, 4.69) is 5.32 Å². The van der Waals surface area contributed by atoms with Crippen LogP contribution in [0.15, 0.2) is 30.3 Å². The Bertz CT molecular complexity index is 708. The van der Waals surface area contributed by atoms with Gasteiger partial charge in [0.05, 0.1) is 6.04 Å². The minimum atomic E-state index is -0.573. The topological polar surface area (TPSA) is 84.9 Å². The fourth-order valence-electron chi connectivity index (χ4n) is 3.76. The summed E-state index contributed by atoms with van der Waals surface area (Å²) in [6.07, 6.45) is 2.57. The molecule has 152 valence electrons. The Labute approximate surface area is 165 Å². The Morgan fingerprint density at radius 2 is 2.07 bits per heavy atom. The van der Waals surface area contributed by atoms with Crippen molar-refractivity contribution in [3.8, 4) is 0 Å². The van der Waals surface area contributed by atoms with E-state index >= 15 is 0 Å². The molecule has 1 aromatic carbocycles. The summed E-state index contributed by atoms with van der Waals surface area (Å²) in [5.41, 5.74) is 0.909. The van der Waals surface area contributed by atoms with E-state index in [0.717, 1.165) is 18.4 Å². The molecule has 2 saturated heterocycles. The van der Waals surface area contributed by atoms with E-state index in [9.17, 15) is 14.4 Å². The minimum Gasteiger partial charge on any atom is -0.461 e. The molecule has 0 saturated carbocycles. The second-order valence-corrected chi connectivity index (χ2v) is 7.43. The first-order valence-corrected chi connectivity index (χ1v) is 9.97. The predicted octanol–water partition coefficient (Wildman–Crippen LogP) is 1.79. The maximum absolute atomic E-state index is 12.9. The highest BCUT2D eigenvalue weighted by atomic mass is 16.6. The number of esters is 2. The van der Waals surface area contributed by atoms with Crippen molar-refractivity contribution in [3.05, 3.63) is 35.9 Å². The van der Waals surface area contributed by atoms with Crippen molar-refractivity contribution in [1.29, 1.82) is 0 Å². The second kappa shape index (κ2) is 9.19. The first kappa shape index (κ1) is 20.3. The first-order chi connectivity index (χ1) is 13.5. The number of ether oxygens (including phenoxy) is 2. The third-order valence-corrected chi connectivity index (χ3v) is 5.37. The number of nitrogens with zero attached hydrogens (tertiary/aromatic N) is 1. The number of nitrogens with one attached hydrogen (secondary N) is 1. The van der Waals surface area contributed by atoms with E-state index in [1.807, 2.05) is 37.3 Å². The lowest BCUT2D eigenvalue weighted by Gasteiger charge is -2.27. The fourth-order valence-corrected chi connectivity index (χ4v) is 3.76. The van der Waals surface area contributed by atoms with E-state index in [1.165, 1.54) is 0 Å². The molecule has 2 aliphatic rings. The zero-order valence-corrected chi connectivity index (χ0v) is 16.4. The third-order valence-electron chi connectivity index (χ3n) is 5.37. The van der Waals surface area contributed by atoms with Gasteiger partial charge < -0.3 is 14.4 Å². The average Bonchev–Trinajstić information content (AvgIpc) is 3.33. The molecule has 7 heteroatoms. The van der Waals surface area contributed by atoms with E-state index < -0.39 is 18.1 Å². The van der Waals surface area contributed by atoms with Crippen LogP contribution in [0.2, 0.25) is 0 Å². The molecular weight excluding hydrogens is 360 g/mol. The molecule has 0 spiro atoms. The number of amides is 1. The Kier molecular flexibility index (Phi) is 6.67. The molecule has 1 aromatic rings. The van der Waals surface area contributed by atoms with Gasteiger partial charge in [-0.25, -0.2) is 4.79 Å². The molecule has 0 bridgehead atoms. The molecule has 1 N–H and O–H groups in total. The Morgan fingerprint density at radius 3 is 2.75 bits per heavy atom. The standard InChI is InChI=1S/C21H28N2O5/c1-3-16-12-17(20(25)28-16)22-14(2)19(24)23-11-7-10-18(23)21(26)27-13-15-8-5-4-6-9-15/h4-6,8-9,14,16-18,22H,3,7,10-13H2,1-2H3/t14-,16?,17?,18-/m0/s1. The molecule has 2 aliphatic heterocycles. The highest BCUT2D eigenvalue weighted by Crippen LogP contribution is 2.22. The Balaban J connectivity index is 1.54. The zero-order chi connectivity index (χ0) is 20.1. The summed E-state index contributed by atoms with van der Waals surface area (Å²) in [5.74, 6) is -0.883. The second-order valence-electron chi connectivity index (χ2n) is 7.43. The zero-order valence-electron chi connectivity index (χ0n) is 16.4. The molecule has 28 heavy (non-hydrogen) atoms. The summed E-state index contributed by atoms with van der Waals surface area (Å²) in [4.78, 5) is 38.9. The number of carbonyl (C=O) groups excluding carboxylic acids is 3. The lowest BCUT2D eigenvalue weighted by Crippen LogP contribution is -2.52. The highest BCUT2D eigenvalue weighted by molar-refractivity contribution is 5.88. The van der Waals surface area contributed by atoms with Crippen molar-refractivity contribution in [3.63, 3.8) is 0 Å². The Morgan fingerprint density at radius 1 is 1.32 bits per heavy atom. The number of rotatable bonds is 7. The van der Waals surface area contributed by atoms with Crippen molar-refractivity contribution in [1.82, 2.24) is 10.2 Å². The maximum atomic E-state index is 12.9. The largest absolute Gasteiger partial charge is 0.461 e. The van der Waals surface area contributed by atoms with Crippen molar-refractivity contribution in [2.24, 2.45) is 0 Å². The van der Waals surface area contributed by atoms with Gasteiger partial charge in [-0.15, -0.1) is 0 Å². The van der Waals surface area contributed by atoms with Crippen LogP contribution in [-0.2, 0) is 30.5 Å². The van der Waals surface area contributed by atoms with Gasteiger partial charge in [-0.1, -0.05) is 37.3 Å². The van der Waals surface area contributed by atoms with E-state index in [4.69, 9.17) is 9.47 Å². The van der Waals surface area contributed by atoms with Crippen LogP contribution in [0.5, 0.6) is 0 Å². The number of cyclic esters (lactones) is 1. The quantitative estimate of drug-likeness (QED) is 0.717. The van der Waals surface area contributed by atoms with Crippen LogP contribution < -0.4 is 5.32 Å². The predicted molar refractivity (Wildman–Crippen MR) is 102 cm³/mol. The third kappa shape index (κ3) is 4.70. The lowest BCUT2D eigenvalue weighted by molar-refractivity contribution is -0.155. The van der Waals surface area contributed by atoms with E-state index in [0.29, 0.717) is 19.4 Å². The monoisotopic (exact) mass is 388 g/mol. The van der Waals surface area contributed by atoms with Crippen LogP contribution in [0.3, 0.4) is 0 Å². The number of hydrogen-bond acceptors (Lipinski definition) is 6. The minimum absolute atomic E-state index is 0.0974. The number of benzene rings is 1. The molecule has 1 amide bonds. The molecule has 0 aromatic heterocycles. The van der Waals surface area contributed by atoms with Gasteiger partial charge in [0.2, 0.25) is 5.91 Å². The number of hydrogen-bond donors (Lipinski definition) is 1. The SMILES string of the molecule is CCC1CC(N[C@@H](C)C(=O)N2CCC[C@H]2C(=O)OCc2ccccc2)C(=O)O1. The van der Waals surface area contributed by atoms with Gasteiger partial charge in [0, 0.05) is 13.0 Å². The van der Waals surface area contributed by atoms with E-state index in [-0.39, 0.29) is 30.6 Å². The molecule has 0 radical (unpaired) electrons. The molecule has 2 heterocycles. The van der Waals surface area contributed by atoms with Gasteiger partial charge in [0.25, 0.3) is 0 Å². The maximum Gasteiger partial charge on any atom is 0.329 e. The van der Waals surface area contributed by atoms with Crippen LogP contribution in [0.4, 0.5) is 0 Å². The molecule has 2 unspecified atom stereocenters. The fraction of sp³-hybridized carbons (Fsp3) is 0.571. The summed E-state index contributed by atoms with van der Waals surface area (Å²) in [6, 6.07) is 7.84. The van der Waals surface area contributed by atoms with Gasteiger partial charge in [-0.2, -0.15) is 0 Å². The molecular formula is C21H28N2O5. The smallest absolute Gasteiger partial charge is 0.329 e. The molecule has 7 nitrogen and oxygen atoms in total. The van der Waals surface area contributed by atoms with Crippen molar-refractivity contribution in [2.75, 3.05) is 6.54 Å². The van der Waals surface area contributed by atoms with Crippen LogP contribution in [0, 0.1) is 0 Å². The normalized spacial score (nSPS) is 25.4. The van der Waals surface area contributed by atoms with Gasteiger partial charge in [-0.05, 0) is 31.7 Å². The number of carbonyl (C=O) groups is 3. The molecule has 3 rings (SSSR count). The lowest BCUT2D eigenvalue weighted by atomic mass is 10.1. The van der Waals surface area contributed by atoms with Crippen LogP contribution in [0.1, 0.15) is 45.1 Å². The van der Waals surface area contributed by atoms with Gasteiger partial charge in [0.15, 0.2) is 0 Å². The van der Waals surface area contributed by atoms with E-state index in [1.54, 1.807) is 11.8 Å². The van der Waals surface area contributed by atoms with Crippen LogP contribution in [-0.4, -0.2) is 53.5 Å². The Hall–Kier alpha value is -2.41. The summed E-state index contributed by atoms with van der Waals surface area (Å²) in [6.45, 7) is 4.39. The summed E-state index contributed by atoms with van der Waals surface area (Å²) >= 11 is 0. The molecule has 2 fully saturated rings. The van der Waals surface area contributed by atoms with Crippen molar-refractivity contribution in [2.45, 2.75) is 70.4 Å². The van der Waals surface area contributed by atoms with Crippen LogP contribution >= 0.6 is 0 Å². The first-order valence-electron chi connectivity index (χ1n) is 9.97.